The van der Waals surface area contributed by atoms with Gasteiger partial charge in [0, 0.05) is 5.39 Å². The average molecular weight is 265 g/mol. The molecule has 2 N–H and O–H groups in total. The molecular weight excluding hydrogens is 256 g/mol. The molecule has 2 aromatic rings. The van der Waals surface area contributed by atoms with E-state index in [1.807, 2.05) is 0 Å². The van der Waals surface area contributed by atoms with Gasteiger partial charge in [-0.1, -0.05) is 18.2 Å². The van der Waals surface area contributed by atoms with Crippen LogP contribution in [-0.4, -0.2) is 27.1 Å². The molecule has 0 aliphatic carbocycles. The van der Waals surface area contributed by atoms with Crippen molar-refractivity contribution in [3.05, 3.63) is 41.6 Å². The summed E-state index contributed by atoms with van der Waals surface area (Å²) in [6, 6.07) is 7.55. The quantitative estimate of drug-likeness (QED) is 0.538. The SMILES string of the molecule is O=C(O)c1ccc2cccc(C(=O)O)c2n1.[H-].[H-].[Na+].[Na+]. The van der Waals surface area contributed by atoms with Crippen LogP contribution in [0.15, 0.2) is 30.3 Å². The van der Waals surface area contributed by atoms with Gasteiger partial charge in [0.25, 0.3) is 0 Å². The van der Waals surface area contributed by atoms with Gasteiger partial charge in [-0.2, -0.15) is 0 Å². The molecule has 0 spiro atoms. The molecule has 2 rings (SSSR count). The van der Waals surface area contributed by atoms with Gasteiger partial charge in [-0.05, 0) is 12.1 Å². The van der Waals surface area contributed by atoms with Gasteiger partial charge in [-0.25, -0.2) is 14.6 Å². The Balaban J connectivity index is -0.000000722. The number of rotatable bonds is 2. The van der Waals surface area contributed by atoms with Crippen molar-refractivity contribution in [3.8, 4) is 0 Å². The fourth-order valence-corrected chi connectivity index (χ4v) is 1.44. The zero-order valence-corrected chi connectivity index (χ0v) is 14.0. The van der Waals surface area contributed by atoms with E-state index in [9.17, 15) is 9.59 Å². The van der Waals surface area contributed by atoms with Crippen LogP contribution in [0.1, 0.15) is 23.7 Å². The minimum absolute atomic E-state index is 0. The number of aromatic nitrogens is 1. The number of carbonyl (C=O) groups is 2. The number of carboxylic acid groups (broad SMARTS) is 2. The molecule has 0 bridgehead atoms. The van der Waals surface area contributed by atoms with E-state index in [4.69, 9.17) is 10.2 Å². The molecular formula is C11H9NNa2O4. The van der Waals surface area contributed by atoms with Gasteiger partial charge >= 0.3 is 71.1 Å². The van der Waals surface area contributed by atoms with Gasteiger partial charge in [-0.15, -0.1) is 0 Å². The van der Waals surface area contributed by atoms with Crippen molar-refractivity contribution >= 4 is 22.8 Å². The number of benzene rings is 1. The summed E-state index contributed by atoms with van der Waals surface area (Å²) in [4.78, 5) is 25.4. The number of aromatic carboxylic acids is 2. The van der Waals surface area contributed by atoms with Crippen molar-refractivity contribution in [3.63, 3.8) is 0 Å². The second-order valence-electron chi connectivity index (χ2n) is 3.18. The van der Waals surface area contributed by atoms with Gasteiger partial charge < -0.3 is 13.1 Å². The van der Waals surface area contributed by atoms with Gasteiger partial charge in [0.2, 0.25) is 0 Å². The Kier molecular flexibility index (Phi) is 7.06. The largest absolute Gasteiger partial charge is 1.00 e. The van der Waals surface area contributed by atoms with E-state index in [0.717, 1.165) is 0 Å². The molecule has 0 aliphatic heterocycles. The smallest absolute Gasteiger partial charge is 1.00 e. The molecule has 7 heteroatoms. The van der Waals surface area contributed by atoms with Crippen LogP contribution in [0.3, 0.4) is 0 Å². The first-order valence-electron chi connectivity index (χ1n) is 4.46. The molecule has 0 unspecified atom stereocenters. The molecule has 0 fully saturated rings. The average Bonchev–Trinajstić information content (AvgIpc) is 2.27. The standard InChI is InChI=1S/C11H7NO4.2Na.2H/c13-10(14)7-3-1-2-6-4-5-8(11(15)16)12-9(6)7;;;;/h1-5H,(H,13,14)(H,15,16);;;;/q;2*+1;2*-1. The van der Waals surface area contributed by atoms with Gasteiger partial charge in [0.05, 0.1) is 11.1 Å². The normalized spacial score (nSPS) is 9.11. The monoisotopic (exact) mass is 265 g/mol. The summed E-state index contributed by atoms with van der Waals surface area (Å²) >= 11 is 0. The van der Waals surface area contributed by atoms with E-state index in [1.54, 1.807) is 12.1 Å². The summed E-state index contributed by atoms with van der Waals surface area (Å²) in [7, 11) is 0. The number of nitrogens with zero attached hydrogens (tertiary/aromatic N) is 1. The summed E-state index contributed by atoms with van der Waals surface area (Å²) in [6.45, 7) is 0. The minimum Gasteiger partial charge on any atom is -1.00 e. The molecule has 0 radical (unpaired) electrons. The van der Waals surface area contributed by atoms with Crippen LogP contribution in [0.25, 0.3) is 10.9 Å². The van der Waals surface area contributed by atoms with Gasteiger partial charge in [0.1, 0.15) is 5.69 Å². The number of para-hydroxylation sites is 1. The summed E-state index contributed by atoms with van der Waals surface area (Å²) in [5.41, 5.74) is 0.0247. The van der Waals surface area contributed by atoms with Gasteiger partial charge in [0.15, 0.2) is 0 Å². The molecule has 18 heavy (non-hydrogen) atoms. The van der Waals surface area contributed by atoms with Crippen LogP contribution in [0.4, 0.5) is 0 Å². The maximum absolute atomic E-state index is 10.9. The maximum Gasteiger partial charge on any atom is 1.00 e. The summed E-state index contributed by atoms with van der Waals surface area (Å²) in [6.07, 6.45) is 0. The second-order valence-corrected chi connectivity index (χ2v) is 3.18. The number of carboxylic acids is 2. The van der Waals surface area contributed by atoms with E-state index in [0.29, 0.717) is 5.39 Å². The Bertz CT molecular complexity index is 610. The van der Waals surface area contributed by atoms with E-state index in [2.05, 4.69) is 4.98 Å². The number of pyridine rings is 1. The van der Waals surface area contributed by atoms with Crippen molar-refractivity contribution in [2.45, 2.75) is 0 Å². The van der Waals surface area contributed by atoms with Crippen LogP contribution in [0.5, 0.6) is 0 Å². The third-order valence-corrected chi connectivity index (χ3v) is 2.17. The third kappa shape index (κ3) is 3.54. The molecule has 0 saturated heterocycles. The summed E-state index contributed by atoms with van der Waals surface area (Å²) in [5.74, 6) is -2.30. The predicted octanol–water partition coefficient (Wildman–Crippen LogP) is -4.14. The molecule has 1 aromatic carbocycles. The van der Waals surface area contributed by atoms with E-state index in [1.165, 1.54) is 18.2 Å². The molecule has 0 amide bonds. The van der Waals surface area contributed by atoms with Crippen molar-refractivity contribution in [2.24, 2.45) is 0 Å². The van der Waals surface area contributed by atoms with E-state index in [-0.39, 0.29) is 78.7 Å². The Morgan fingerprint density at radius 1 is 1.00 bits per heavy atom. The van der Waals surface area contributed by atoms with E-state index < -0.39 is 11.9 Å². The fourth-order valence-electron chi connectivity index (χ4n) is 1.44. The van der Waals surface area contributed by atoms with Crippen molar-refractivity contribution in [2.75, 3.05) is 0 Å². The molecule has 0 atom stereocenters. The van der Waals surface area contributed by atoms with Crippen LogP contribution in [-0.2, 0) is 0 Å². The first kappa shape index (κ1) is 17.6. The molecule has 5 nitrogen and oxygen atoms in total. The molecule has 1 aromatic heterocycles. The Morgan fingerprint density at radius 2 is 1.67 bits per heavy atom. The van der Waals surface area contributed by atoms with Crippen LogP contribution in [0.2, 0.25) is 0 Å². The zero-order chi connectivity index (χ0) is 11.7. The zero-order valence-electron chi connectivity index (χ0n) is 12.0. The minimum atomic E-state index is -1.18. The molecule has 0 saturated carbocycles. The molecule has 0 aliphatic rings. The van der Waals surface area contributed by atoms with Crippen molar-refractivity contribution in [1.82, 2.24) is 4.98 Å². The second kappa shape index (κ2) is 7.23. The topological polar surface area (TPSA) is 87.5 Å². The first-order valence-corrected chi connectivity index (χ1v) is 4.46. The van der Waals surface area contributed by atoms with E-state index >= 15 is 0 Å². The number of hydrogen-bond donors (Lipinski definition) is 2. The number of fused-ring (bicyclic) bond motifs is 1. The maximum atomic E-state index is 10.9. The Morgan fingerprint density at radius 3 is 2.22 bits per heavy atom. The van der Waals surface area contributed by atoms with Crippen LogP contribution < -0.4 is 59.1 Å². The fraction of sp³-hybridized carbons (Fsp3) is 0. The van der Waals surface area contributed by atoms with Crippen LogP contribution >= 0.6 is 0 Å². The Hall–Kier alpha value is -0.430. The number of hydrogen-bond acceptors (Lipinski definition) is 3. The summed E-state index contributed by atoms with van der Waals surface area (Å²) in [5, 5.41) is 18.3. The van der Waals surface area contributed by atoms with Crippen molar-refractivity contribution in [1.29, 1.82) is 0 Å². The summed E-state index contributed by atoms with van der Waals surface area (Å²) < 4.78 is 0. The third-order valence-electron chi connectivity index (χ3n) is 2.17. The molecule has 84 valence electrons. The molecule has 1 heterocycles. The van der Waals surface area contributed by atoms with Crippen molar-refractivity contribution < 1.29 is 81.8 Å². The predicted molar refractivity (Wildman–Crippen MR) is 57.9 cm³/mol. The Labute approximate surface area is 150 Å². The van der Waals surface area contributed by atoms with Gasteiger partial charge in [-0.3, -0.25) is 0 Å². The van der Waals surface area contributed by atoms with Crippen LogP contribution in [0, 0.1) is 0 Å². The first-order chi connectivity index (χ1) is 7.59.